The number of benzene rings is 1. The Bertz CT molecular complexity index is 808. The van der Waals surface area contributed by atoms with Gasteiger partial charge in [0.05, 0.1) is 0 Å². The number of carbonyl (C=O) groups excluding carboxylic acids is 2. The Balaban J connectivity index is 1.43. The molecule has 4 rings (SSSR count). The summed E-state index contributed by atoms with van der Waals surface area (Å²) in [4.78, 5) is 35.3. The van der Waals surface area contributed by atoms with Gasteiger partial charge in [-0.1, -0.05) is 44.7 Å². The van der Waals surface area contributed by atoms with Crippen molar-refractivity contribution in [2.24, 2.45) is 5.92 Å². The molecule has 33 heavy (non-hydrogen) atoms. The lowest BCUT2D eigenvalue weighted by atomic mass is 9.85. The van der Waals surface area contributed by atoms with Gasteiger partial charge in [0.1, 0.15) is 5.54 Å². The Morgan fingerprint density at radius 3 is 2.27 bits per heavy atom. The van der Waals surface area contributed by atoms with Gasteiger partial charge in [-0.3, -0.25) is 14.6 Å². The van der Waals surface area contributed by atoms with Crippen molar-refractivity contribution in [3.63, 3.8) is 0 Å². The van der Waals surface area contributed by atoms with Crippen molar-refractivity contribution >= 4 is 17.6 Å². The topological polar surface area (TPSA) is 47.1 Å². The first-order chi connectivity index (χ1) is 15.9. The van der Waals surface area contributed by atoms with Gasteiger partial charge in [-0.05, 0) is 55.7 Å². The molecule has 0 aromatic heterocycles. The van der Waals surface area contributed by atoms with Gasteiger partial charge in [0.15, 0.2) is 0 Å². The zero-order valence-corrected chi connectivity index (χ0v) is 20.9. The van der Waals surface area contributed by atoms with E-state index in [4.69, 9.17) is 0 Å². The molecule has 0 atom stereocenters. The van der Waals surface area contributed by atoms with E-state index < -0.39 is 5.54 Å². The molecule has 3 amide bonds. The minimum atomic E-state index is -0.619. The molecule has 1 spiro atoms. The second-order valence-corrected chi connectivity index (χ2v) is 10.6. The fourth-order valence-corrected chi connectivity index (χ4v) is 5.92. The first-order valence-electron chi connectivity index (χ1n) is 13.1. The number of piperidine rings is 1. The number of urea groups is 1. The van der Waals surface area contributed by atoms with Crippen molar-refractivity contribution in [1.82, 2.24) is 14.7 Å². The number of imide groups is 1. The number of carbonyl (C=O) groups is 2. The maximum absolute atomic E-state index is 13.7. The van der Waals surface area contributed by atoms with E-state index >= 15 is 0 Å². The van der Waals surface area contributed by atoms with Crippen LogP contribution in [0.1, 0.15) is 70.3 Å². The van der Waals surface area contributed by atoms with E-state index in [9.17, 15) is 9.59 Å². The minimum Gasteiger partial charge on any atom is -0.378 e. The summed E-state index contributed by atoms with van der Waals surface area (Å²) in [6.07, 6.45) is 9.55. The zero-order chi connectivity index (χ0) is 23.4. The number of unbranched alkanes of at least 4 members (excludes halogenated alkanes) is 1. The fourth-order valence-electron chi connectivity index (χ4n) is 5.92. The SMILES string of the molecule is CCCCN1C(=O)N(CC2CCCCC2)C(=O)C12CCN(Cc1ccc(N(C)C)cc1)CC2. The van der Waals surface area contributed by atoms with Gasteiger partial charge < -0.3 is 9.80 Å². The average molecular weight is 455 g/mol. The van der Waals surface area contributed by atoms with Crippen LogP contribution in [0.4, 0.5) is 10.5 Å². The first kappa shape index (κ1) is 24.1. The van der Waals surface area contributed by atoms with Crippen LogP contribution in [0.3, 0.4) is 0 Å². The highest BCUT2D eigenvalue weighted by Gasteiger charge is 2.57. The minimum absolute atomic E-state index is 0.0215. The average Bonchev–Trinajstić information content (AvgIpc) is 3.01. The van der Waals surface area contributed by atoms with E-state index in [1.807, 2.05) is 4.90 Å². The van der Waals surface area contributed by atoms with E-state index in [1.54, 1.807) is 4.90 Å². The Morgan fingerprint density at radius 1 is 1.00 bits per heavy atom. The summed E-state index contributed by atoms with van der Waals surface area (Å²) in [5.74, 6) is 0.573. The second kappa shape index (κ2) is 10.5. The summed E-state index contributed by atoms with van der Waals surface area (Å²) in [6.45, 7) is 6.09. The van der Waals surface area contributed by atoms with Crippen LogP contribution in [0.15, 0.2) is 24.3 Å². The van der Waals surface area contributed by atoms with Gasteiger partial charge in [-0.25, -0.2) is 4.79 Å². The molecule has 182 valence electrons. The van der Waals surface area contributed by atoms with Crippen LogP contribution in [0.2, 0.25) is 0 Å². The monoisotopic (exact) mass is 454 g/mol. The lowest BCUT2D eigenvalue weighted by Crippen LogP contribution is -2.56. The van der Waals surface area contributed by atoms with E-state index in [-0.39, 0.29) is 11.9 Å². The molecule has 1 saturated carbocycles. The lowest BCUT2D eigenvalue weighted by molar-refractivity contribution is -0.136. The number of amides is 3. The van der Waals surface area contributed by atoms with Crippen molar-refractivity contribution in [2.75, 3.05) is 45.2 Å². The number of anilines is 1. The summed E-state index contributed by atoms with van der Waals surface area (Å²) in [7, 11) is 4.11. The summed E-state index contributed by atoms with van der Waals surface area (Å²) < 4.78 is 0. The van der Waals surface area contributed by atoms with Gasteiger partial charge in [0.25, 0.3) is 5.91 Å². The summed E-state index contributed by atoms with van der Waals surface area (Å²) in [6, 6.07) is 8.70. The maximum atomic E-state index is 13.7. The molecule has 2 saturated heterocycles. The van der Waals surface area contributed by atoms with E-state index in [0.717, 1.165) is 58.2 Å². The Hall–Kier alpha value is -2.08. The van der Waals surface area contributed by atoms with Gasteiger partial charge in [0.2, 0.25) is 0 Å². The standard InChI is InChI=1S/C27H42N4O2/c1-4-5-17-31-26(33)30(21-22-9-7-6-8-10-22)25(32)27(31)15-18-29(19-16-27)20-23-11-13-24(14-12-23)28(2)3/h11-14,22H,4-10,15-21H2,1-3H3. The molecule has 2 heterocycles. The molecule has 2 aliphatic heterocycles. The number of hydrogen-bond acceptors (Lipinski definition) is 4. The van der Waals surface area contributed by atoms with Crippen LogP contribution >= 0.6 is 0 Å². The van der Waals surface area contributed by atoms with Crippen molar-refractivity contribution < 1.29 is 9.59 Å². The molecule has 1 aliphatic carbocycles. The van der Waals surface area contributed by atoms with Crippen LogP contribution in [0.25, 0.3) is 0 Å². The van der Waals surface area contributed by atoms with E-state index in [1.165, 1.54) is 30.5 Å². The second-order valence-electron chi connectivity index (χ2n) is 10.6. The largest absolute Gasteiger partial charge is 0.378 e. The highest BCUT2D eigenvalue weighted by molar-refractivity contribution is 6.07. The Kier molecular flexibility index (Phi) is 7.62. The third-order valence-electron chi connectivity index (χ3n) is 8.06. The molecular weight excluding hydrogens is 412 g/mol. The number of likely N-dealkylation sites (tertiary alicyclic amines) is 1. The van der Waals surface area contributed by atoms with Crippen molar-refractivity contribution in [3.8, 4) is 0 Å². The van der Waals surface area contributed by atoms with Crippen LogP contribution < -0.4 is 4.90 Å². The quantitative estimate of drug-likeness (QED) is 0.533. The summed E-state index contributed by atoms with van der Waals surface area (Å²) in [5, 5.41) is 0. The molecule has 0 radical (unpaired) electrons. The van der Waals surface area contributed by atoms with Gasteiger partial charge >= 0.3 is 6.03 Å². The normalized spacial score (nSPS) is 21.9. The maximum Gasteiger partial charge on any atom is 0.327 e. The van der Waals surface area contributed by atoms with Crippen molar-refractivity contribution in [1.29, 1.82) is 0 Å². The van der Waals surface area contributed by atoms with Crippen molar-refractivity contribution in [3.05, 3.63) is 29.8 Å². The Labute approximate surface area is 199 Å². The highest BCUT2D eigenvalue weighted by atomic mass is 16.2. The number of nitrogens with zero attached hydrogens (tertiary/aromatic N) is 4. The summed E-state index contributed by atoms with van der Waals surface area (Å²) in [5.41, 5.74) is 1.88. The molecule has 3 aliphatic rings. The molecule has 0 N–H and O–H groups in total. The molecule has 0 bridgehead atoms. The van der Waals surface area contributed by atoms with E-state index in [2.05, 4.69) is 55.1 Å². The van der Waals surface area contributed by atoms with Crippen molar-refractivity contribution in [2.45, 2.75) is 76.8 Å². The molecule has 6 nitrogen and oxygen atoms in total. The van der Waals surface area contributed by atoms with Crippen LogP contribution in [-0.2, 0) is 11.3 Å². The van der Waals surface area contributed by atoms with Crippen LogP contribution in [0.5, 0.6) is 0 Å². The highest BCUT2D eigenvalue weighted by Crippen LogP contribution is 2.39. The molecule has 6 heteroatoms. The van der Waals surface area contributed by atoms with Crippen LogP contribution in [0, 0.1) is 5.92 Å². The third kappa shape index (κ3) is 5.06. The predicted molar refractivity (Wildman–Crippen MR) is 133 cm³/mol. The third-order valence-corrected chi connectivity index (χ3v) is 8.06. The number of hydrogen-bond donors (Lipinski definition) is 0. The van der Waals surface area contributed by atoms with Gasteiger partial charge in [-0.15, -0.1) is 0 Å². The molecule has 3 fully saturated rings. The Morgan fingerprint density at radius 2 is 1.67 bits per heavy atom. The van der Waals surface area contributed by atoms with Gasteiger partial charge in [-0.2, -0.15) is 0 Å². The van der Waals surface area contributed by atoms with Crippen LogP contribution in [-0.4, -0.2) is 72.5 Å². The zero-order valence-electron chi connectivity index (χ0n) is 20.9. The van der Waals surface area contributed by atoms with Gasteiger partial charge in [0, 0.05) is 52.5 Å². The molecule has 1 aromatic carbocycles. The first-order valence-corrected chi connectivity index (χ1v) is 13.1. The number of rotatable bonds is 8. The smallest absolute Gasteiger partial charge is 0.327 e. The lowest BCUT2D eigenvalue weighted by Gasteiger charge is -2.42. The molecular formula is C27H42N4O2. The predicted octanol–water partition coefficient (Wildman–Crippen LogP) is 4.73. The summed E-state index contributed by atoms with van der Waals surface area (Å²) >= 11 is 0. The fraction of sp³-hybridized carbons (Fsp3) is 0.704. The molecule has 1 aromatic rings. The van der Waals surface area contributed by atoms with E-state index in [0.29, 0.717) is 19.0 Å². The molecule has 0 unspecified atom stereocenters.